The molecule has 0 aromatic carbocycles. The molecule has 120 valence electrons. The molecule has 7 nitrogen and oxygen atoms in total. The Labute approximate surface area is 130 Å². The average Bonchev–Trinajstić information content (AvgIpc) is 3.19. The van der Waals surface area contributed by atoms with Crippen LogP contribution in [-0.2, 0) is 11.3 Å². The largest absolute Gasteiger partial charge is 0.371 e. The second kappa shape index (κ2) is 7.02. The van der Waals surface area contributed by atoms with Crippen molar-refractivity contribution in [2.75, 3.05) is 19.7 Å². The van der Waals surface area contributed by atoms with Crippen molar-refractivity contribution < 1.29 is 9.26 Å². The van der Waals surface area contributed by atoms with Crippen LogP contribution in [0.25, 0.3) is 0 Å². The molecule has 0 radical (unpaired) electrons. The van der Waals surface area contributed by atoms with Crippen molar-refractivity contribution >= 4 is 0 Å². The lowest BCUT2D eigenvalue weighted by molar-refractivity contribution is 0.0683. The highest BCUT2D eigenvalue weighted by Crippen LogP contribution is 2.26. The van der Waals surface area contributed by atoms with Crippen LogP contribution in [0.2, 0.25) is 0 Å². The maximum absolute atomic E-state index is 5.49. The van der Waals surface area contributed by atoms with Gasteiger partial charge in [-0.3, -0.25) is 10.00 Å². The molecule has 0 saturated carbocycles. The zero-order valence-corrected chi connectivity index (χ0v) is 13.2. The van der Waals surface area contributed by atoms with Crippen LogP contribution in [0.3, 0.4) is 0 Å². The standard InChI is InChI=1S/C15H23N5O2/c1-3-21-11(2)15-17-14(22-19-15)10-20-8-4-5-12(9-20)13-6-7-16-18-13/h6-7,11-12H,3-5,8-10H2,1-2H3,(H,16,18)/t11-,12-/m1/s1. The third-order valence-electron chi connectivity index (χ3n) is 4.09. The van der Waals surface area contributed by atoms with Crippen LogP contribution in [0.4, 0.5) is 0 Å². The van der Waals surface area contributed by atoms with Crippen molar-refractivity contribution in [2.24, 2.45) is 0 Å². The molecule has 0 unspecified atom stereocenters. The third kappa shape index (κ3) is 3.53. The van der Waals surface area contributed by atoms with Crippen LogP contribution >= 0.6 is 0 Å². The lowest BCUT2D eigenvalue weighted by atomic mass is 9.95. The molecule has 1 saturated heterocycles. The number of likely N-dealkylation sites (tertiary alicyclic amines) is 1. The van der Waals surface area contributed by atoms with Gasteiger partial charge in [-0.1, -0.05) is 5.16 Å². The number of nitrogens with one attached hydrogen (secondary N) is 1. The first-order valence-electron chi connectivity index (χ1n) is 7.92. The molecule has 2 atom stereocenters. The molecular formula is C15H23N5O2. The van der Waals surface area contributed by atoms with Crippen molar-refractivity contribution in [2.45, 2.75) is 45.3 Å². The first-order chi connectivity index (χ1) is 10.8. The summed E-state index contributed by atoms with van der Waals surface area (Å²) in [4.78, 5) is 6.80. The number of H-pyrrole nitrogens is 1. The monoisotopic (exact) mass is 305 g/mol. The second-order valence-corrected chi connectivity index (χ2v) is 5.73. The third-order valence-corrected chi connectivity index (χ3v) is 4.09. The minimum absolute atomic E-state index is 0.124. The Hall–Kier alpha value is -1.73. The van der Waals surface area contributed by atoms with E-state index >= 15 is 0 Å². The van der Waals surface area contributed by atoms with Gasteiger partial charge in [-0.05, 0) is 39.3 Å². The van der Waals surface area contributed by atoms with Gasteiger partial charge in [-0.25, -0.2) is 0 Å². The average molecular weight is 305 g/mol. The van der Waals surface area contributed by atoms with Crippen molar-refractivity contribution in [1.82, 2.24) is 25.2 Å². The van der Waals surface area contributed by atoms with E-state index in [1.54, 1.807) is 0 Å². The summed E-state index contributed by atoms with van der Waals surface area (Å²) in [7, 11) is 0. The van der Waals surface area contributed by atoms with Gasteiger partial charge >= 0.3 is 0 Å². The number of ether oxygens (including phenoxy) is 1. The summed E-state index contributed by atoms with van der Waals surface area (Å²) in [5, 5.41) is 11.1. The smallest absolute Gasteiger partial charge is 0.240 e. The van der Waals surface area contributed by atoms with Crippen LogP contribution in [0.15, 0.2) is 16.8 Å². The second-order valence-electron chi connectivity index (χ2n) is 5.73. The molecule has 7 heteroatoms. The number of aromatic nitrogens is 4. The molecule has 1 fully saturated rings. The Bertz CT molecular complexity index is 568. The number of piperidine rings is 1. The summed E-state index contributed by atoms with van der Waals surface area (Å²) in [5.74, 6) is 1.78. The van der Waals surface area contributed by atoms with Crippen LogP contribution in [0.5, 0.6) is 0 Å². The molecule has 1 N–H and O–H groups in total. The Kier molecular flexibility index (Phi) is 4.84. The van der Waals surface area contributed by atoms with E-state index in [9.17, 15) is 0 Å². The number of hydrogen-bond acceptors (Lipinski definition) is 6. The number of hydrogen-bond donors (Lipinski definition) is 1. The molecule has 0 amide bonds. The summed E-state index contributed by atoms with van der Waals surface area (Å²) in [6.45, 7) is 7.28. The van der Waals surface area contributed by atoms with Gasteiger partial charge in [0, 0.05) is 31.0 Å². The van der Waals surface area contributed by atoms with Gasteiger partial charge in [0.05, 0.1) is 6.54 Å². The molecule has 22 heavy (non-hydrogen) atoms. The highest BCUT2D eigenvalue weighted by molar-refractivity contribution is 5.07. The topological polar surface area (TPSA) is 80.1 Å². The fourth-order valence-corrected chi connectivity index (χ4v) is 2.96. The van der Waals surface area contributed by atoms with E-state index in [2.05, 4.69) is 31.3 Å². The molecular weight excluding hydrogens is 282 g/mol. The van der Waals surface area contributed by atoms with Gasteiger partial charge in [0.1, 0.15) is 6.10 Å². The van der Waals surface area contributed by atoms with E-state index < -0.39 is 0 Å². The maximum atomic E-state index is 5.49. The Morgan fingerprint density at radius 1 is 1.55 bits per heavy atom. The Morgan fingerprint density at radius 2 is 2.45 bits per heavy atom. The predicted molar refractivity (Wildman–Crippen MR) is 80.2 cm³/mol. The molecule has 0 bridgehead atoms. The number of rotatable bonds is 6. The molecule has 3 heterocycles. The van der Waals surface area contributed by atoms with E-state index in [1.807, 2.05) is 20.0 Å². The van der Waals surface area contributed by atoms with E-state index in [-0.39, 0.29) is 6.10 Å². The molecule has 1 aliphatic rings. The van der Waals surface area contributed by atoms with Gasteiger partial charge in [0.15, 0.2) is 5.82 Å². The van der Waals surface area contributed by atoms with Gasteiger partial charge in [-0.2, -0.15) is 10.1 Å². The first-order valence-corrected chi connectivity index (χ1v) is 7.92. The summed E-state index contributed by atoms with van der Waals surface area (Å²) in [6, 6.07) is 2.06. The van der Waals surface area contributed by atoms with E-state index in [4.69, 9.17) is 9.26 Å². The van der Waals surface area contributed by atoms with Crippen LogP contribution in [-0.4, -0.2) is 44.9 Å². The van der Waals surface area contributed by atoms with Crippen molar-refractivity contribution in [3.05, 3.63) is 29.7 Å². The number of aromatic amines is 1. The van der Waals surface area contributed by atoms with Gasteiger partial charge in [0.2, 0.25) is 5.89 Å². The fraction of sp³-hybridized carbons (Fsp3) is 0.667. The van der Waals surface area contributed by atoms with Crippen LogP contribution < -0.4 is 0 Å². The molecule has 3 rings (SSSR count). The van der Waals surface area contributed by atoms with Crippen molar-refractivity contribution in [3.8, 4) is 0 Å². The van der Waals surface area contributed by atoms with Crippen molar-refractivity contribution in [1.29, 1.82) is 0 Å². The highest BCUT2D eigenvalue weighted by atomic mass is 16.5. The Balaban J connectivity index is 1.58. The summed E-state index contributed by atoms with van der Waals surface area (Å²) >= 11 is 0. The normalized spacial score (nSPS) is 21.1. The first kappa shape index (κ1) is 15.2. The number of nitrogens with zero attached hydrogens (tertiary/aromatic N) is 4. The zero-order chi connectivity index (χ0) is 15.4. The molecule has 0 aliphatic carbocycles. The van der Waals surface area contributed by atoms with Crippen LogP contribution in [0.1, 0.15) is 56.1 Å². The molecule has 1 aliphatic heterocycles. The molecule has 0 spiro atoms. The van der Waals surface area contributed by atoms with Gasteiger partial charge < -0.3 is 9.26 Å². The van der Waals surface area contributed by atoms with Crippen LogP contribution in [0, 0.1) is 0 Å². The van der Waals surface area contributed by atoms with E-state index in [0.29, 0.717) is 30.8 Å². The SMILES string of the molecule is CCO[C@H](C)c1noc(CN2CCC[C@@H](c3ccn[nH]3)C2)n1. The predicted octanol–water partition coefficient (Wildman–Crippen LogP) is 2.27. The molecule has 2 aromatic rings. The van der Waals surface area contributed by atoms with E-state index in [0.717, 1.165) is 13.1 Å². The summed E-state index contributed by atoms with van der Waals surface area (Å²) in [6.07, 6.45) is 4.05. The maximum Gasteiger partial charge on any atom is 0.240 e. The minimum atomic E-state index is -0.124. The van der Waals surface area contributed by atoms with Gasteiger partial charge in [-0.15, -0.1) is 0 Å². The quantitative estimate of drug-likeness (QED) is 0.882. The van der Waals surface area contributed by atoms with Gasteiger partial charge in [0.25, 0.3) is 0 Å². The lowest BCUT2D eigenvalue weighted by Crippen LogP contribution is -2.34. The lowest BCUT2D eigenvalue weighted by Gasteiger charge is -2.30. The zero-order valence-electron chi connectivity index (χ0n) is 13.2. The van der Waals surface area contributed by atoms with Crippen molar-refractivity contribution in [3.63, 3.8) is 0 Å². The fourth-order valence-electron chi connectivity index (χ4n) is 2.96. The molecule has 2 aromatic heterocycles. The highest BCUT2D eigenvalue weighted by Gasteiger charge is 2.24. The van der Waals surface area contributed by atoms with E-state index in [1.165, 1.54) is 18.5 Å². The Morgan fingerprint density at radius 3 is 3.23 bits per heavy atom. The minimum Gasteiger partial charge on any atom is -0.371 e. The summed E-state index contributed by atoms with van der Waals surface area (Å²) < 4.78 is 10.8. The summed E-state index contributed by atoms with van der Waals surface area (Å²) in [5.41, 5.74) is 1.21.